The fraction of sp³-hybridized carbons (Fsp3) is 0.667. The molecule has 0 radical (unpaired) electrons. The van der Waals surface area contributed by atoms with Crippen molar-refractivity contribution in [1.29, 1.82) is 0 Å². The molecule has 3 saturated heterocycles. The first-order valence-electron chi connectivity index (χ1n) is 6.82. The molecule has 0 aliphatic carbocycles. The highest BCUT2D eigenvalue weighted by Gasteiger charge is 2.66. The monoisotopic (exact) mass is 329 g/mol. The minimum absolute atomic E-state index is 0.0428. The Bertz CT molecular complexity index is 609. The van der Waals surface area contributed by atoms with Crippen LogP contribution in [0.15, 0.2) is 0 Å². The number of aliphatic hydroxyl groups is 1. The first kappa shape index (κ1) is 15.5. The Balaban J connectivity index is 2.18. The number of piperazine rings is 1. The lowest BCUT2D eigenvalue weighted by atomic mass is 9.95. The highest BCUT2D eigenvalue weighted by atomic mass is 16.8. The van der Waals surface area contributed by atoms with Crippen LogP contribution < -0.4 is 5.73 Å². The van der Waals surface area contributed by atoms with Crippen LogP contribution in [0.2, 0.25) is 0 Å². The summed E-state index contributed by atoms with van der Waals surface area (Å²) >= 11 is 0. The third kappa shape index (κ3) is 2.19. The van der Waals surface area contributed by atoms with E-state index < -0.39 is 54.5 Å². The van der Waals surface area contributed by atoms with Gasteiger partial charge in [-0.3, -0.25) is 14.5 Å². The van der Waals surface area contributed by atoms with Crippen molar-refractivity contribution in [3.8, 4) is 0 Å². The summed E-state index contributed by atoms with van der Waals surface area (Å²) in [5, 5.41) is 10.3. The van der Waals surface area contributed by atoms with E-state index in [1.165, 1.54) is 11.9 Å². The van der Waals surface area contributed by atoms with Gasteiger partial charge in [0.25, 0.3) is 6.23 Å². The maximum Gasteiger partial charge on any atom is 0.400 e. The average Bonchev–Trinajstić information content (AvgIpc) is 2.46. The van der Waals surface area contributed by atoms with Crippen LogP contribution in [-0.4, -0.2) is 76.7 Å². The molecule has 1 spiro atoms. The second kappa shape index (κ2) is 4.80. The number of esters is 3. The minimum Gasteiger partial charge on any atom is -0.435 e. The molecular formula is C12H15N3O8. The summed E-state index contributed by atoms with van der Waals surface area (Å²) in [4.78, 5) is 50.3. The zero-order chi connectivity index (χ0) is 17.0. The zero-order valence-corrected chi connectivity index (χ0v) is 12.2. The highest BCUT2D eigenvalue weighted by Crippen LogP contribution is 2.39. The lowest BCUT2D eigenvalue weighted by molar-refractivity contribution is -0.349. The summed E-state index contributed by atoms with van der Waals surface area (Å²) in [6.45, 7) is 0.181. The smallest absolute Gasteiger partial charge is 0.400 e. The molecule has 11 heteroatoms. The van der Waals surface area contributed by atoms with Gasteiger partial charge in [-0.05, 0) is 7.05 Å². The Labute approximate surface area is 129 Å². The fourth-order valence-electron chi connectivity index (χ4n) is 2.88. The number of nitrogens with zero attached hydrogens (tertiary/aromatic N) is 2. The molecule has 11 nitrogen and oxygen atoms in total. The van der Waals surface area contributed by atoms with Gasteiger partial charge in [0, 0.05) is 13.1 Å². The van der Waals surface area contributed by atoms with Crippen LogP contribution in [0.5, 0.6) is 0 Å². The SMILES string of the molecule is CN1CCN(C(N)=O)C23OC(=O)CC(O)(CC(=O)OC12)C(=O)O3. The first-order valence-corrected chi connectivity index (χ1v) is 6.82. The molecule has 3 aliphatic rings. The van der Waals surface area contributed by atoms with Crippen LogP contribution in [0.3, 0.4) is 0 Å². The number of likely N-dealkylation sites (N-methyl/N-ethyl adjacent to an activating group) is 1. The van der Waals surface area contributed by atoms with Crippen LogP contribution >= 0.6 is 0 Å². The molecule has 3 N–H and O–H groups in total. The van der Waals surface area contributed by atoms with E-state index in [1.807, 2.05) is 0 Å². The van der Waals surface area contributed by atoms with E-state index in [9.17, 15) is 24.3 Å². The van der Waals surface area contributed by atoms with E-state index in [2.05, 4.69) is 0 Å². The summed E-state index contributed by atoms with van der Waals surface area (Å²) in [5.74, 6) is -5.59. The quantitative estimate of drug-likeness (QED) is 0.458. The summed E-state index contributed by atoms with van der Waals surface area (Å²) in [6, 6.07) is -1.04. The van der Waals surface area contributed by atoms with Crippen molar-refractivity contribution < 1.29 is 38.5 Å². The summed E-state index contributed by atoms with van der Waals surface area (Å²) < 4.78 is 15.5. The number of rotatable bonds is 0. The molecule has 3 heterocycles. The van der Waals surface area contributed by atoms with Crippen LogP contribution in [-0.2, 0) is 28.6 Å². The number of carbonyl (C=O) groups is 4. The second-order valence-electron chi connectivity index (χ2n) is 5.69. The van der Waals surface area contributed by atoms with Crippen LogP contribution in [0.25, 0.3) is 0 Å². The van der Waals surface area contributed by atoms with E-state index in [1.54, 1.807) is 0 Å². The third-order valence-electron chi connectivity index (χ3n) is 4.03. The van der Waals surface area contributed by atoms with Gasteiger partial charge >= 0.3 is 29.9 Å². The van der Waals surface area contributed by atoms with Gasteiger partial charge in [0.15, 0.2) is 5.60 Å². The number of ether oxygens (including phenoxy) is 3. The molecule has 3 rings (SSSR count). The Morgan fingerprint density at radius 1 is 1.22 bits per heavy atom. The molecule has 3 atom stereocenters. The maximum absolute atomic E-state index is 12.3. The van der Waals surface area contributed by atoms with Crippen molar-refractivity contribution in [3.05, 3.63) is 0 Å². The lowest BCUT2D eigenvalue weighted by Crippen LogP contribution is -2.74. The van der Waals surface area contributed by atoms with Crippen molar-refractivity contribution in [3.63, 3.8) is 0 Å². The van der Waals surface area contributed by atoms with Crippen molar-refractivity contribution in [2.45, 2.75) is 30.6 Å². The van der Waals surface area contributed by atoms with Gasteiger partial charge in [0.1, 0.15) is 0 Å². The predicted molar refractivity (Wildman–Crippen MR) is 67.9 cm³/mol. The van der Waals surface area contributed by atoms with E-state index in [0.717, 1.165) is 4.90 Å². The summed E-state index contributed by atoms with van der Waals surface area (Å²) in [7, 11) is 1.53. The van der Waals surface area contributed by atoms with Crippen molar-refractivity contribution in [2.75, 3.05) is 20.1 Å². The van der Waals surface area contributed by atoms with Gasteiger partial charge in [-0.25, -0.2) is 14.5 Å². The van der Waals surface area contributed by atoms with Crippen molar-refractivity contribution in [2.24, 2.45) is 5.73 Å². The van der Waals surface area contributed by atoms with Gasteiger partial charge < -0.3 is 25.1 Å². The van der Waals surface area contributed by atoms with E-state index in [4.69, 9.17) is 19.9 Å². The summed E-state index contributed by atoms with van der Waals surface area (Å²) in [6.07, 6.45) is -2.96. The van der Waals surface area contributed by atoms with Gasteiger partial charge in [-0.1, -0.05) is 0 Å². The molecule has 2 bridgehead atoms. The molecule has 3 fully saturated rings. The average molecular weight is 329 g/mol. The first-order chi connectivity index (χ1) is 10.7. The number of hydrogen-bond donors (Lipinski definition) is 2. The molecule has 0 aromatic carbocycles. The fourth-order valence-corrected chi connectivity index (χ4v) is 2.88. The standard InChI is InChI=1S/C12H15N3O8/c1-14-2-3-15(10(13)19)12-8(14)21-6(16)4-11(20,9(18)23-12)5-7(17)22-12/h8,20H,2-5H2,1H3,(H2,13,19). The number of hydrogen-bond acceptors (Lipinski definition) is 9. The molecular weight excluding hydrogens is 314 g/mol. The normalized spacial score (nSPS) is 37.7. The third-order valence-corrected chi connectivity index (χ3v) is 4.03. The number of urea groups is 1. The molecule has 126 valence electrons. The van der Waals surface area contributed by atoms with E-state index in [0.29, 0.717) is 0 Å². The molecule has 0 aromatic heterocycles. The lowest BCUT2D eigenvalue weighted by Gasteiger charge is -2.50. The van der Waals surface area contributed by atoms with E-state index >= 15 is 0 Å². The van der Waals surface area contributed by atoms with E-state index in [-0.39, 0.29) is 13.1 Å². The minimum atomic E-state index is -2.41. The maximum atomic E-state index is 12.3. The Morgan fingerprint density at radius 2 is 1.87 bits per heavy atom. The zero-order valence-electron chi connectivity index (χ0n) is 12.2. The van der Waals surface area contributed by atoms with Crippen molar-refractivity contribution >= 4 is 23.9 Å². The molecule has 3 unspecified atom stereocenters. The highest BCUT2D eigenvalue weighted by molar-refractivity contribution is 5.92. The number of carbonyl (C=O) groups excluding carboxylic acids is 4. The Kier molecular flexibility index (Phi) is 3.23. The van der Waals surface area contributed by atoms with Gasteiger partial charge in [0.05, 0.1) is 12.8 Å². The van der Waals surface area contributed by atoms with Gasteiger partial charge in [-0.15, -0.1) is 0 Å². The molecule has 3 aliphatic heterocycles. The van der Waals surface area contributed by atoms with Crippen molar-refractivity contribution in [1.82, 2.24) is 9.80 Å². The van der Waals surface area contributed by atoms with Crippen LogP contribution in [0.4, 0.5) is 4.79 Å². The predicted octanol–water partition coefficient (Wildman–Crippen LogP) is -2.54. The van der Waals surface area contributed by atoms with Crippen LogP contribution in [0, 0.1) is 0 Å². The molecule has 23 heavy (non-hydrogen) atoms. The number of primary amides is 1. The summed E-state index contributed by atoms with van der Waals surface area (Å²) in [5.41, 5.74) is 2.87. The number of amides is 2. The topological polar surface area (TPSA) is 149 Å². The molecule has 0 aromatic rings. The second-order valence-corrected chi connectivity index (χ2v) is 5.69. The van der Waals surface area contributed by atoms with Gasteiger partial charge in [0.2, 0.25) is 0 Å². The molecule has 0 saturated carbocycles. The number of nitrogens with two attached hydrogens (primary N) is 1. The Morgan fingerprint density at radius 3 is 2.52 bits per heavy atom. The molecule has 2 amide bonds. The van der Waals surface area contributed by atoms with Gasteiger partial charge in [-0.2, -0.15) is 0 Å². The Hall–Kier alpha value is -2.40. The largest absolute Gasteiger partial charge is 0.435 e. The number of fused-ring (bicyclic) bond motifs is 2. The van der Waals surface area contributed by atoms with Crippen LogP contribution in [0.1, 0.15) is 12.8 Å².